The molecule has 2 aliphatic carbocycles. The Hall–Kier alpha value is -2.77. The second kappa shape index (κ2) is 11.5. The first-order valence-corrected chi connectivity index (χ1v) is 13.7. The fraction of sp³-hybridized carbons (Fsp3) is 0.679. The van der Waals surface area contributed by atoms with Crippen LogP contribution < -0.4 is 11.1 Å². The molecule has 2 amide bonds. The predicted octanol–water partition coefficient (Wildman–Crippen LogP) is 3.76. The number of nitrogens with two attached hydrogens (primary N) is 1. The summed E-state index contributed by atoms with van der Waals surface area (Å²) in [5, 5.41) is 20.3. The largest absolute Gasteiger partial charge is 0.465 e. The Morgan fingerprint density at radius 1 is 1.08 bits per heavy atom. The molecule has 4 aliphatic rings. The van der Waals surface area contributed by atoms with Crippen LogP contribution in [0.4, 0.5) is 13.6 Å². The van der Waals surface area contributed by atoms with E-state index in [0.717, 1.165) is 32.0 Å². The average Bonchev–Trinajstić information content (AvgIpc) is 3.82. The van der Waals surface area contributed by atoms with Crippen molar-refractivity contribution >= 4 is 12.0 Å². The molecule has 0 aromatic heterocycles. The standard InChI is InChI=1S/C15H17F2N3O.C13H22N2O2/c16-15(17,8-11-4-2-1-3-5-11)9-12(19)13(21)20-14(10-18)6-7-14;16-12(17)15-9-5-13(6-10-15)3-7-14(8-4-13)11-1-2-11/h1-5,12H,6-9,19H2,(H,20,21);11H,1-10H2,(H,16,17)/t12-;/m0./s1. The van der Waals surface area contributed by atoms with E-state index in [1.807, 2.05) is 6.07 Å². The summed E-state index contributed by atoms with van der Waals surface area (Å²) in [7, 11) is 0. The van der Waals surface area contributed by atoms with Crippen molar-refractivity contribution in [1.29, 1.82) is 5.26 Å². The Kier molecular flexibility index (Phi) is 8.58. The lowest BCUT2D eigenvalue weighted by Crippen LogP contribution is -2.48. The number of piperidine rings is 2. The molecule has 5 rings (SSSR count). The maximum atomic E-state index is 13.9. The van der Waals surface area contributed by atoms with Crippen LogP contribution in [0.15, 0.2) is 30.3 Å². The molecule has 4 N–H and O–H groups in total. The first-order chi connectivity index (χ1) is 18.0. The van der Waals surface area contributed by atoms with Crippen molar-refractivity contribution in [3.63, 3.8) is 0 Å². The molecular formula is C28H39F2N5O3. The van der Waals surface area contributed by atoms with E-state index < -0.39 is 42.3 Å². The Balaban J connectivity index is 0.000000180. The van der Waals surface area contributed by atoms with E-state index in [1.54, 1.807) is 35.2 Å². The van der Waals surface area contributed by atoms with Gasteiger partial charge in [0.15, 0.2) is 0 Å². The van der Waals surface area contributed by atoms with Crippen molar-refractivity contribution in [3.8, 4) is 6.07 Å². The van der Waals surface area contributed by atoms with Crippen LogP contribution in [0.25, 0.3) is 0 Å². The van der Waals surface area contributed by atoms with E-state index in [-0.39, 0.29) is 0 Å². The molecule has 38 heavy (non-hydrogen) atoms. The number of carboxylic acid groups (broad SMARTS) is 1. The van der Waals surface area contributed by atoms with E-state index in [1.165, 1.54) is 38.8 Å². The van der Waals surface area contributed by atoms with Crippen molar-refractivity contribution in [1.82, 2.24) is 15.1 Å². The minimum atomic E-state index is -3.07. The normalized spacial score (nSPS) is 22.9. The quantitative estimate of drug-likeness (QED) is 0.493. The number of amides is 2. The Morgan fingerprint density at radius 2 is 1.66 bits per heavy atom. The fourth-order valence-corrected chi connectivity index (χ4v) is 5.57. The topological polar surface area (TPSA) is 123 Å². The first kappa shape index (κ1) is 28.2. The number of nitrogens with one attached hydrogen (secondary N) is 1. The minimum absolute atomic E-state index is 0.460. The van der Waals surface area contributed by atoms with Crippen molar-refractivity contribution in [2.45, 2.75) is 87.8 Å². The third kappa shape index (κ3) is 7.64. The summed E-state index contributed by atoms with van der Waals surface area (Å²) in [6.45, 7) is 3.99. The SMILES string of the molecule is N#CC1(NC(=O)[C@@H](N)CC(F)(F)Cc2ccccc2)CC1.O=C(O)N1CCC2(CC1)CCN(C1CC1)CC2. The van der Waals surface area contributed by atoms with Crippen molar-refractivity contribution in [2.75, 3.05) is 26.2 Å². The Labute approximate surface area is 223 Å². The number of hydrogen-bond donors (Lipinski definition) is 3. The number of nitrogens with zero attached hydrogens (tertiary/aromatic N) is 3. The highest BCUT2D eigenvalue weighted by Crippen LogP contribution is 2.43. The summed E-state index contributed by atoms with van der Waals surface area (Å²) in [6.07, 6.45) is 6.69. The molecule has 2 saturated carbocycles. The molecule has 1 atom stereocenters. The summed E-state index contributed by atoms with van der Waals surface area (Å²) in [5.41, 5.74) is 5.62. The van der Waals surface area contributed by atoms with Gasteiger partial charge in [0.2, 0.25) is 5.91 Å². The fourth-order valence-electron chi connectivity index (χ4n) is 5.57. The molecule has 2 saturated heterocycles. The lowest BCUT2D eigenvalue weighted by atomic mass is 9.71. The molecule has 1 spiro atoms. The lowest BCUT2D eigenvalue weighted by Gasteiger charge is -2.46. The molecule has 0 unspecified atom stereocenters. The number of hydrogen-bond acceptors (Lipinski definition) is 5. The van der Waals surface area contributed by atoms with Crippen LogP contribution in [-0.4, -0.2) is 76.6 Å². The van der Waals surface area contributed by atoms with Gasteiger partial charge in [-0.2, -0.15) is 5.26 Å². The van der Waals surface area contributed by atoms with Gasteiger partial charge in [-0.25, -0.2) is 13.6 Å². The maximum Gasteiger partial charge on any atom is 0.407 e. The highest BCUT2D eigenvalue weighted by Gasteiger charge is 2.46. The number of likely N-dealkylation sites (tertiary alicyclic amines) is 2. The van der Waals surface area contributed by atoms with E-state index in [2.05, 4.69) is 10.2 Å². The predicted molar refractivity (Wildman–Crippen MR) is 138 cm³/mol. The number of halogens is 2. The van der Waals surface area contributed by atoms with Gasteiger partial charge in [0.05, 0.1) is 12.1 Å². The summed E-state index contributed by atoms with van der Waals surface area (Å²) in [4.78, 5) is 26.9. The van der Waals surface area contributed by atoms with Crippen LogP contribution in [0.5, 0.6) is 0 Å². The molecule has 4 fully saturated rings. The highest BCUT2D eigenvalue weighted by molar-refractivity contribution is 5.83. The zero-order valence-electron chi connectivity index (χ0n) is 21.9. The molecule has 208 valence electrons. The highest BCUT2D eigenvalue weighted by atomic mass is 19.3. The molecule has 10 heteroatoms. The van der Waals surface area contributed by atoms with Gasteiger partial charge >= 0.3 is 6.09 Å². The molecule has 1 aromatic rings. The van der Waals surface area contributed by atoms with Crippen LogP contribution in [0, 0.1) is 16.7 Å². The molecule has 1 aromatic carbocycles. The number of benzene rings is 1. The first-order valence-electron chi connectivity index (χ1n) is 13.7. The van der Waals surface area contributed by atoms with Crippen LogP contribution in [-0.2, 0) is 11.2 Å². The zero-order valence-corrected chi connectivity index (χ0v) is 21.9. The van der Waals surface area contributed by atoms with Gasteiger partial charge in [0.1, 0.15) is 5.54 Å². The van der Waals surface area contributed by atoms with E-state index >= 15 is 0 Å². The van der Waals surface area contributed by atoms with Crippen molar-refractivity contribution < 1.29 is 23.5 Å². The maximum absolute atomic E-state index is 13.9. The van der Waals surface area contributed by atoms with Gasteiger partial charge in [-0.15, -0.1) is 0 Å². The van der Waals surface area contributed by atoms with E-state index in [9.17, 15) is 18.4 Å². The molecule has 0 bridgehead atoms. The van der Waals surface area contributed by atoms with Crippen LogP contribution in [0.1, 0.15) is 63.4 Å². The monoisotopic (exact) mass is 531 g/mol. The average molecular weight is 532 g/mol. The number of alkyl halides is 2. The minimum Gasteiger partial charge on any atom is -0.465 e. The summed E-state index contributed by atoms with van der Waals surface area (Å²) in [6, 6.07) is 9.86. The molecular weight excluding hydrogens is 492 g/mol. The summed E-state index contributed by atoms with van der Waals surface area (Å²) in [5.74, 6) is -3.76. The number of rotatable bonds is 7. The third-order valence-corrected chi connectivity index (χ3v) is 8.50. The van der Waals surface area contributed by atoms with Gasteiger partial charge in [-0.3, -0.25) is 4.79 Å². The summed E-state index contributed by atoms with van der Waals surface area (Å²) < 4.78 is 27.9. The van der Waals surface area contributed by atoms with E-state index in [4.69, 9.17) is 16.1 Å². The van der Waals surface area contributed by atoms with Gasteiger partial charge in [0.25, 0.3) is 5.92 Å². The summed E-state index contributed by atoms with van der Waals surface area (Å²) >= 11 is 0. The van der Waals surface area contributed by atoms with E-state index in [0.29, 0.717) is 23.8 Å². The molecule has 2 heterocycles. The zero-order chi connectivity index (χ0) is 27.4. The Morgan fingerprint density at radius 3 is 2.16 bits per heavy atom. The number of nitriles is 1. The molecule has 2 aliphatic heterocycles. The van der Waals surface area contributed by atoms with Crippen LogP contribution in [0.3, 0.4) is 0 Å². The number of carbonyl (C=O) groups excluding carboxylic acids is 1. The van der Waals surface area contributed by atoms with Crippen LogP contribution >= 0.6 is 0 Å². The molecule has 0 radical (unpaired) electrons. The van der Waals surface area contributed by atoms with Gasteiger partial charge < -0.3 is 26.0 Å². The van der Waals surface area contributed by atoms with Gasteiger partial charge in [0, 0.05) is 32.0 Å². The second-order valence-electron chi connectivity index (χ2n) is 11.5. The molecule has 8 nitrogen and oxygen atoms in total. The third-order valence-electron chi connectivity index (χ3n) is 8.50. The number of carbonyl (C=O) groups is 2. The Bertz CT molecular complexity index is 1010. The van der Waals surface area contributed by atoms with Crippen LogP contribution in [0.2, 0.25) is 0 Å². The second-order valence-corrected chi connectivity index (χ2v) is 11.5. The van der Waals surface area contributed by atoms with Gasteiger partial charge in [-0.05, 0) is 75.4 Å². The van der Waals surface area contributed by atoms with Crippen molar-refractivity contribution in [3.05, 3.63) is 35.9 Å². The lowest BCUT2D eigenvalue weighted by molar-refractivity contribution is -0.125. The van der Waals surface area contributed by atoms with Gasteiger partial charge in [-0.1, -0.05) is 30.3 Å². The van der Waals surface area contributed by atoms with Crippen molar-refractivity contribution in [2.24, 2.45) is 11.1 Å². The smallest absolute Gasteiger partial charge is 0.407 e.